The highest BCUT2D eigenvalue weighted by atomic mass is 32.2. The van der Waals surface area contributed by atoms with Crippen LogP contribution in [0.4, 0.5) is 0 Å². The molecule has 0 aromatic carbocycles. The van der Waals surface area contributed by atoms with Crippen molar-refractivity contribution in [1.29, 1.82) is 0 Å². The first-order valence-electron chi connectivity index (χ1n) is 6.02. The molecule has 2 rings (SSSR count). The maximum atomic E-state index is 12.0. The number of carboxylic acids is 1. The van der Waals surface area contributed by atoms with Gasteiger partial charge in [-0.2, -0.15) is 0 Å². The summed E-state index contributed by atoms with van der Waals surface area (Å²) in [6.07, 6.45) is 2.14. The number of hydrogen-bond donors (Lipinski definition) is 1. The number of amides is 1. The van der Waals surface area contributed by atoms with Crippen LogP contribution in [0.5, 0.6) is 0 Å². The second-order valence-electron chi connectivity index (χ2n) is 4.21. The minimum atomic E-state index is -1.02. The molecular weight excluding hydrogens is 270 g/mol. The normalized spacial score (nSPS) is 14.4. The van der Waals surface area contributed by atoms with Gasteiger partial charge in [-0.15, -0.1) is 5.10 Å². The van der Waals surface area contributed by atoms with Crippen LogP contribution in [-0.2, 0) is 16.1 Å². The summed E-state index contributed by atoms with van der Waals surface area (Å²) in [5.74, 6) is -0.752. The van der Waals surface area contributed by atoms with Crippen LogP contribution >= 0.6 is 11.8 Å². The lowest BCUT2D eigenvalue weighted by molar-refractivity contribution is -0.138. The van der Waals surface area contributed by atoms with Gasteiger partial charge in [-0.3, -0.25) is 9.59 Å². The quantitative estimate of drug-likeness (QED) is 0.696. The average Bonchev–Trinajstić information content (AvgIpc) is 3.09. The summed E-state index contributed by atoms with van der Waals surface area (Å²) in [6, 6.07) is 0.383. The Morgan fingerprint density at radius 1 is 1.53 bits per heavy atom. The highest BCUT2D eigenvalue weighted by Gasteiger charge is 2.31. The molecule has 0 atom stereocenters. The van der Waals surface area contributed by atoms with E-state index in [1.807, 2.05) is 11.8 Å². The van der Waals surface area contributed by atoms with Crippen molar-refractivity contribution in [2.45, 2.75) is 37.5 Å². The predicted molar refractivity (Wildman–Crippen MR) is 66.6 cm³/mol. The molecule has 1 heterocycles. The Balaban J connectivity index is 1.89. The topological polar surface area (TPSA) is 101 Å². The lowest BCUT2D eigenvalue weighted by Crippen LogP contribution is -2.34. The first kappa shape index (κ1) is 13.8. The molecule has 1 aromatic heterocycles. The number of rotatable bonds is 7. The van der Waals surface area contributed by atoms with Gasteiger partial charge >= 0.3 is 5.97 Å². The molecule has 1 aromatic rings. The molecule has 0 bridgehead atoms. The fourth-order valence-corrected chi connectivity index (χ4v) is 2.52. The maximum absolute atomic E-state index is 12.0. The lowest BCUT2D eigenvalue weighted by atomic mass is 10.4. The summed E-state index contributed by atoms with van der Waals surface area (Å²) < 4.78 is 1.17. The predicted octanol–water partition coefficient (Wildman–Crippen LogP) is -0.139. The average molecular weight is 285 g/mol. The van der Waals surface area contributed by atoms with Gasteiger partial charge in [0.25, 0.3) is 0 Å². The molecule has 1 aliphatic carbocycles. The van der Waals surface area contributed by atoms with Crippen LogP contribution in [-0.4, -0.2) is 60.4 Å². The van der Waals surface area contributed by atoms with Gasteiger partial charge in [-0.25, -0.2) is 4.68 Å². The van der Waals surface area contributed by atoms with Crippen LogP contribution in [0.25, 0.3) is 0 Å². The zero-order chi connectivity index (χ0) is 13.8. The summed E-state index contributed by atoms with van der Waals surface area (Å²) in [4.78, 5) is 24.4. The van der Waals surface area contributed by atoms with Gasteiger partial charge in [0.15, 0.2) is 0 Å². The van der Waals surface area contributed by atoms with Crippen LogP contribution in [0.1, 0.15) is 19.8 Å². The van der Waals surface area contributed by atoms with Gasteiger partial charge in [0.1, 0.15) is 6.54 Å². The second kappa shape index (κ2) is 6.00. The Morgan fingerprint density at radius 3 is 2.84 bits per heavy atom. The summed E-state index contributed by atoms with van der Waals surface area (Å²) in [5.41, 5.74) is 0. The molecule has 1 saturated carbocycles. The molecule has 8 nitrogen and oxygen atoms in total. The smallest absolute Gasteiger partial charge is 0.325 e. The number of tetrazole rings is 1. The Kier molecular flexibility index (Phi) is 4.35. The van der Waals surface area contributed by atoms with Crippen molar-refractivity contribution in [2.24, 2.45) is 0 Å². The van der Waals surface area contributed by atoms with Crippen LogP contribution < -0.4 is 0 Å². The highest BCUT2D eigenvalue weighted by Crippen LogP contribution is 2.27. The minimum absolute atomic E-state index is 0.0416. The number of aromatic nitrogens is 4. The van der Waals surface area contributed by atoms with E-state index < -0.39 is 5.97 Å². The number of nitrogens with zero attached hydrogens (tertiary/aromatic N) is 5. The fraction of sp³-hybridized carbons (Fsp3) is 0.700. The third kappa shape index (κ3) is 3.66. The Bertz CT molecular complexity index is 473. The third-order valence-electron chi connectivity index (χ3n) is 2.76. The standard InChI is InChI=1S/C10H15N5O3S/c1-2-14(7-3-4-7)8(16)6-19-10-11-12-13-15(10)5-9(17)18/h7H,2-6H2,1H3,(H,17,18). The molecule has 0 radical (unpaired) electrons. The van der Waals surface area contributed by atoms with Gasteiger partial charge in [0.05, 0.1) is 5.75 Å². The zero-order valence-electron chi connectivity index (χ0n) is 10.5. The van der Waals surface area contributed by atoms with Crippen molar-refractivity contribution in [1.82, 2.24) is 25.1 Å². The van der Waals surface area contributed by atoms with Crippen molar-refractivity contribution in [3.05, 3.63) is 0 Å². The van der Waals surface area contributed by atoms with Crippen molar-refractivity contribution in [2.75, 3.05) is 12.3 Å². The molecule has 1 amide bonds. The van der Waals surface area contributed by atoms with Crippen LogP contribution in [0, 0.1) is 0 Å². The molecule has 0 aliphatic heterocycles. The van der Waals surface area contributed by atoms with E-state index in [2.05, 4.69) is 15.5 Å². The molecule has 0 unspecified atom stereocenters. The molecule has 1 fully saturated rings. The van der Waals surface area contributed by atoms with E-state index in [4.69, 9.17) is 5.11 Å². The van der Waals surface area contributed by atoms with Crippen LogP contribution in [0.2, 0.25) is 0 Å². The summed E-state index contributed by atoms with van der Waals surface area (Å²) >= 11 is 1.16. The van der Waals surface area contributed by atoms with Gasteiger partial charge in [0.2, 0.25) is 11.1 Å². The molecule has 0 spiro atoms. The molecule has 9 heteroatoms. The van der Waals surface area contributed by atoms with E-state index in [-0.39, 0.29) is 18.2 Å². The largest absolute Gasteiger partial charge is 0.480 e. The van der Waals surface area contributed by atoms with Crippen LogP contribution in [0.15, 0.2) is 5.16 Å². The minimum Gasteiger partial charge on any atom is -0.480 e. The number of aliphatic carboxylic acids is 1. The van der Waals surface area contributed by atoms with Gasteiger partial charge in [-0.1, -0.05) is 11.8 Å². The zero-order valence-corrected chi connectivity index (χ0v) is 11.3. The molecule has 19 heavy (non-hydrogen) atoms. The van der Waals surface area contributed by atoms with E-state index in [1.165, 1.54) is 4.68 Å². The van der Waals surface area contributed by atoms with E-state index >= 15 is 0 Å². The Hall–Kier alpha value is -1.64. The summed E-state index contributed by atoms with van der Waals surface area (Å²) in [6.45, 7) is 2.35. The number of carboxylic acid groups (broad SMARTS) is 1. The lowest BCUT2D eigenvalue weighted by Gasteiger charge is -2.19. The third-order valence-corrected chi connectivity index (χ3v) is 3.70. The highest BCUT2D eigenvalue weighted by molar-refractivity contribution is 7.99. The molecular formula is C10H15N5O3S. The van der Waals surface area contributed by atoms with Crippen LogP contribution in [0.3, 0.4) is 0 Å². The van der Waals surface area contributed by atoms with Crippen molar-refractivity contribution in [3.8, 4) is 0 Å². The first-order valence-corrected chi connectivity index (χ1v) is 7.00. The number of carbonyl (C=O) groups is 2. The number of hydrogen-bond acceptors (Lipinski definition) is 6. The molecule has 1 N–H and O–H groups in total. The first-order chi connectivity index (χ1) is 9.11. The van der Waals surface area contributed by atoms with Crippen molar-refractivity contribution in [3.63, 3.8) is 0 Å². The van der Waals surface area contributed by atoms with Crippen molar-refractivity contribution >= 4 is 23.6 Å². The van der Waals surface area contributed by atoms with E-state index in [0.717, 1.165) is 24.6 Å². The Morgan fingerprint density at radius 2 is 2.26 bits per heavy atom. The van der Waals surface area contributed by atoms with Crippen molar-refractivity contribution < 1.29 is 14.7 Å². The summed E-state index contributed by atoms with van der Waals surface area (Å²) in [7, 11) is 0. The van der Waals surface area contributed by atoms with E-state index in [1.54, 1.807) is 0 Å². The van der Waals surface area contributed by atoms with Gasteiger partial charge in [-0.05, 0) is 30.2 Å². The maximum Gasteiger partial charge on any atom is 0.325 e. The van der Waals surface area contributed by atoms with E-state index in [0.29, 0.717) is 17.7 Å². The van der Waals surface area contributed by atoms with Gasteiger partial charge < -0.3 is 10.0 Å². The monoisotopic (exact) mass is 285 g/mol. The molecule has 1 aliphatic rings. The van der Waals surface area contributed by atoms with E-state index in [9.17, 15) is 9.59 Å². The Labute approximate surface area is 114 Å². The number of carbonyl (C=O) groups excluding carboxylic acids is 1. The van der Waals surface area contributed by atoms with Gasteiger partial charge in [0, 0.05) is 12.6 Å². The molecule has 104 valence electrons. The summed E-state index contributed by atoms with van der Waals surface area (Å²) in [5, 5.41) is 19.8. The fourth-order valence-electron chi connectivity index (χ4n) is 1.76. The number of thioether (sulfide) groups is 1. The second-order valence-corrected chi connectivity index (χ2v) is 5.15. The molecule has 0 saturated heterocycles. The SMILES string of the molecule is CCN(C(=O)CSc1nnnn1CC(=O)O)C1CC1.